The SMILES string of the molecule is CC(Oc1ccc(F)cc1)C(=O)NC[C@H](C)O. The third-order valence-corrected chi connectivity index (χ3v) is 2.07. The van der Waals surface area contributed by atoms with E-state index < -0.39 is 12.2 Å². The second-order valence-electron chi connectivity index (χ2n) is 3.81. The molecule has 1 rings (SSSR count). The maximum atomic E-state index is 12.6. The Morgan fingerprint density at radius 2 is 2.00 bits per heavy atom. The molecule has 94 valence electrons. The summed E-state index contributed by atoms with van der Waals surface area (Å²) in [4.78, 5) is 11.5. The lowest BCUT2D eigenvalue weighted by atomic mass is 10.3. The molecule has 0 spiro atoms. The van der Waals surface area contributed by atoms with Crippen LogP contribution < -0.4 is 10.1 Å². The number of ether oxygens (including phenoxy) is 1. The summed E-state index contributed by atoms with van der Waals surface area (Å²) in [7, 11) is 0. The molecule has 0 saturated carbocycles. The number of halogens is 1. The molecule has 5 heteroatoms. The van der Waals surface area contributed by atoms with Crippen molar-refractivity contribution in [3.05, 3.63) is 30.1 Å². The summed E-state index contributed by atoms with van der Waals surface area (Å²) in [6, 6.07) is 5.42. The van der Waals surface area contributed by atoms with E-state index in [9.17, 15) is 9.18 Å². The molecule has 0 radical (unpaired) electrons. The molecule has 1 unspecified atom stereocenters. The topological polar surface area (TPSA) is 58.6 Å². The number of hydrogen-bond acceptors (Lipinski definition) is 3. The highest BCUT2D eigenvalue weighted by Crippen LogP contribution is 2.12. The van der Waals surface area contributed by atoms with Gasteiger partial charge < -0.3 is 15.2 Å². The van der Waals surface area contributed by atoms with Crippen molar-refractivity contribution >= 4 is 5.91 Å². The van der Waals surface area contributed by atoms with Gasteiger partial charge in [-0.1, -0.05) is 0 Å². The van der Waals surface area contributed by atoms with E-state index in [-0.39, 0.29) is 18.3 Å². The Morgan fingerprint density at radius 3 is 2.53 bits per heavy atom. The fourth-order valence-electron chi connectivity index (χ4n) is 1.16. The Hall–Kier alpha value is -1.62. The number of rotatable bonds is 5. The van der Waals surface area contributed by atoms with Gasteiger partial charge in [0.15, 0.2) is 6.10 Å². The number of carbonyl (C=O) groups excluding carboxylic acids is 1. The predicted molar refractivity (Wildman–Crippen MR) is 61.2 cm³/mol. The molecule has 0 aliphatic carbocycles. The lowest BCUT2D eigenvalue weighted by Gasteiger charge is -2.15. The summed E-state index contributed by atoms with van der Waals surface area (Å²) < 4.78 is 17.9. The monoisotopic (exact) mass is 241 g/mol. The summed E-state index contributed by atoms with van der Waals surface area (Å²) in [5.41, 5.74) is 0. The van der Waals surface area contributed by atoms with Crippen molar-refractivity contribution in [1.29, 1.82) is 0 Å². The zero-order valence-electron chi connectivity index (χ0n) is 9.81. The fraction of sp³-hybridized carbons (Fsp3) is 0.417. The third kappa shape index (κ3) is 4.82. The Balaban J connectivity index is 2.45. The molecule has 0 saturated heterocycles. The van der Waals surface area contributed by atoms with Crippen LogP contribution >= 0.6 is 0 Å². The number of amides is 1. The van der Waals surface area contributed by atoms with E-state index in [1.54, 1.807) is 13.8 Å². The van der Waals surface area contributed by atoms with Gasteiger partial charge >= 0.3 is 0 Å². The highest BCUT2D eigenvalue weighted by molar-refractivity contribution is 5.80. The van der Waals surface area contributed by atoms with E-state index in [1.807, 2.05) is 0 Å². The van der Waals surface area contributed by atoms with Crippen LogP contribution in [0.3, 0.4) is 0 Å². The first kappa shape index (κ1) is 13.4. The van der Waals surface area contributed by atoms with Crippen molar-refractivity contribution in [2.24, 2.45) is 0 Å². The first-order valence-electron chi connectivity index (χ1n) is 5.37. The maximum absolute atomic E-state index is 12.6. The van der Waals surface area contributed by atoms with Crippen molar-refractivity contribution in [3.63, 3.8) is 0 Å². The van der Waals surface area contributed by atoms with Crippen LogP contribution in [0.5, 0.6) is 5.75 Å². The van der Waals surface area contributed by atoms with Crippen molar-refractivity contribution in [3.8, 4) is 5.75 Å². The van der Waals surface area contributed by atoms with Gasteiger partial charge in [0.2, 0.25) is 0 Å². The van der Waals surface area contributed by atoms with Gasteiger partial charge in [0.25, 0.3) is 5.91 Å². The van der Waals surface area contributed by atoms with Crippen LogP contribution in [0, 0.1) is 5.82 Å². The maximum Gasteiger partial charge on any atom is 0.260 e. The summed E-state index contributed by atoms with van der Waals surface area (Å²) in [6.45, 7) is 3.34. The van der Waals surface area contributed by atoms with Crippen LogP contribution in [0.4, 0.5) is 4.39 Å². The molecule has 0 aromatic heterocycles. The molecule has 0 bridgehead atoms. The fourth-order valence-corrected chi connectivity index (χ4v) is 1.16. The van der Waals surface area contributed by atoms with E-state index >= 15 is 0 Å². The van der Waals surface area contributed by atoms with Gasteiger partial charge in [-0.25, -0.2) is 4.39 Å². The Bertz CT molecular complexity index is 365. The van der Waals surface area contributed by atoms with Gasteiger partial charge in [0, 0.05) is 6.54 Å². The molecule has 2 atom stereocenters. The Morgan fingerprint density at radius 1 is 1.41 bits per heavy atom. The minimum atomic E-state index is -0.695. The average Bonchev–Trinajstić information content (AvgIpc) is 2.28. The lowest BCUT2D eigenvalue weighted by molar-refractivity contribution is -0.127. The zero-order valence-corrected chi connectivity index (χ0v) is 9.81. The summed E-state index contributed by atoms with van der Waals surface area (Å²) in [5.74, 6) is -0.259. The van der Waals surface area contributed by atoms with Crippen LogP contribution in [0.1, 0.15) is 13.8 Å². The van der Waals surface area contributed by atoms with Crippen LogP contribution in [0.15, 0.2) is 24.3 Å². The molecule has 0 aliphatic heterocycles. The summed E-state index contributed by atoms with van der Waals surface area (Å²) >= 11 is 0. The first-order valence-corrected chi connectivity index (χ1v) is 5.37. The third-order valence-electron chi connectivity index (χ3n) is 2.07. The van der Waals surface area contributed by atoms with E-state index in [4.69, 9.17) is 9.84 Å². The minimum Gasteiger partial charge on any atom is -0.481 e. The zero-order chi connectivity index (χ0) is 12.8. The van der Waals surface area contributed by atoms with Gasteiger partial charge in [-0.15, -0.1) is 0 Å². The first-order chi connectivity index (χ1) is 7.99. The largest absolute Gasteiger partial charge is 0.481 e. The van der Waals surface area contributed by atoms with Crippen molar-refractivity contribution < 1.29 is 19.0 Å². The van der Waals surface area contributed by atoms with Crippen molar-refractivity contribution in [2.75, 3.05) is 6.54 Å². The molecule has 0 fully saturated rings. The molecule has 17 heavy (non-hydrogen) atoms. The second-order valence-corrected chi connectivity index (χ2v) is 3.81. The Labute approximate surface area is 99.4 Å². The molecule has 1 amide bonds. The molecular weight excluding hydrogens is 225 g/mol. The normalized spacial score (nSPS) is 13.9. The second kappa shape index (κ2) is 6.20. The molecule has 4 nitrogen and oxygen atoms in total. The van der Waals surface area contributed by atoms with Gasteiger partial charge in [-0.2, -0.15) is 0 Å². The standard InChI is InChI=1S/C12H16FNO3/c1-8(15)7-14-12(16)9(2)17-11-5-3-10(13)4-6-11/h3-6,8-9,15H,7H2,1-2H3,(H,14,16)/t8-,9?/m0/s1. The number of nitrogens with one attached hydrogen (secondary N) is 1. The van der Waals surface area contributed by atoms with Crippen molar-refractivity contribution in [1.82, 2.24) is 5.32 Å². The highest BCUT2D eigenvalue weighted by atomic mass is 19.1. The summed E-state index contributed by atoms with van der Waals surface area (Å²) in [6.07, 6.45) is -1.30. The molecule has 0 aliphatic rings. The van der Waals surface area contributed by atoms with Crippen LogP contribution in [-0.2, 0) is 4.79 Å². The van der Waals surface area contributed by atoms with Gasteiger partial charge in [-0.3, -0.25) is 4.79 Å². The summed E-state index contributed by atoms with van der Waals surface area (Å²) in [5, 5.41) is 11.5. The van der Waals surface area contributed by atoms with E-state index in [0.717, 1.165) is 0 Å². The van der Waals surface area contributed by atoms with Crippen LogP contribution in [-0.4, -0.2) is 29.8 Å². The molecule has 2 N–H and O–H groups in total. The number of aliphatic hydroxyl groups excluding tert-OH is 1. The van der Waals surface area contributed by atoms with Crippen LogP contribution in [0.2, 0.25) is 0 Å². The quantitative estimate of drug-likeness (QED) is 0.811. The van der Waals surface area contributed by atoms with E-state index in [0.29, 0.717) is 5.75 Å². The lowest BCUT2D eigenvalue weighted by Crippen LogP contribution is -2.39. The minimum absolute atomic E-state index is 0.177. The van der Waals surface area contributed by atoms with Gasteiger partial charge in [0.1, 0.15) is 11.6 Å². The average molecular weight is 241 g/mol. The molecule has 0 heterocycles. The van der Waals surface area contributed by atoms with Crippen LogP contribution in [0.25, 0.3) is 0 Å². The van der Waals surface area contributed by atoms with Gasteiger partial charge in [-0.05, 0) is 38.1 Å². The number of carbonyl (C=O) groups is 1. The van der Waals surface area contributed by atoms with E-state index in [1.165, 1.54) is 24.3 Å². The smallest absolute Gasteiger partial charge is 0.260 e. The molecule has 1 aromatic rings. The van der Waals surface area contributed by atoms with E-state index in [2.05, 4.69) is 5.32 Å². The predicted octanol–water partition coefficient (Wildman–Crippen LogP) is 1.09. The molecule has 1 aromatic carbocycles. The number of aliphatic hydroxyl groups is 1. The Kier molecular flexibility index (Phi) is 4.90. The van der Waals surface area contributed by atoms with Crippen molar-refractivity contribution in [2.45, 2.75) is 26.1 Å². The van der Waals surface area contributed by atoms with Gasteiger partial charge in [0.05, 0.1) is 6.10 Å². The molecular formula is C12H16FNO3. The highest BCUT2D eigenvalue weighted by Gasteiger charge is 2.14. The number of benzene rings is 1. The number of hydrogen-bond donors (Lipinski definition) is 2.